The zero-order valence-electron chi connectivity index (χ0n) is 15.1. The fourth-order valence-electron chi connectivity index (χ4n) is 3.72. The molecule has 0 spiro atoms. The number of aromatic nitrogens is 1. The molecule has 2 saturated heterocycles. The molecule has 0 atom stereocenters. The van der Waals surface area contributed by atoms with Gasteiger partial charge in [-0.25, -0.2) is 13.8 Å². The van der Waals surface area contributed by atoms with Gasteiger partial charge in [0.2, 0.25) is 0 Å². The van der Waals surface area contributed by atoms with Crippen molar-refractivity contribution in [1.82, 2.24) is 9.88 Å². The van der Waals surface area contributed by atoms with Crippen molar-refractivity contribution in [1.29, 1.82) is 0 Å². The molecule has 2 fully saturated rings. The van der Waals surface area contributed by atoms with Gasteiger partial charge in [-0.1, -0.05) is 0 Å². The Balaban J connectivity index is 1.38. The average molecular weight is 372 g/mol. The molecule has 0 N–H and O–H groups in total. The van der Waals surface area contributed by atoms with Gasteiger partial charge in [0.25, 0.3) is 5.91 Å². The summed E-state index contributed by atoms with van der Waals surface area (Å²) in [7, 11) is 0. The van der Waals surface area contributed by atoms with Gasteiger partial charge in [0.05, 0.1) is 11.3 Å². The Morgan fingerprint density at radius 1 is 0.889 bits per heavy atom. The zero-order chi connectivity index (χ0) is 18.8. The van der Waals surface area contributed by atoms with Gasteiger partial charge in [-0.15, -0.1) is 0 Å². The molecule has 0 radical (unpaired) electrons. The number of hydrogen-bond donors (Lipinski definition) is 0. The Hall–Kier alpha value is -2.70. The van der Waals surface area contributed by atoms with Crippen molar-refractivity contribution in [2.75, 3.05) is 49.1 Å². The maximum atomic E-state index is 13.9. The van der Waals surface area contributed by atoms with Crippen LogP contribution in [0.1, 0.15) is 23.2 Å². The first-order valence-corrected chi connectivity index (χ1v) is 9.32. The molecule has 1 aromatic heterocycles. The van der Waals surface area contributed by atoms with Crippen molar-refractivity contribution in [2.45, 2.75) is 12.8 Å². The molecule has 0 bridgehead atoms. The lowest BCUT2D eigenvalue weighted by atomic mass is 10.2. The molecule has 3 heterocycles. The van der Waals surface area contributed by atoms with Crippen LogP contribution in [0.2, 0.25) is 0 Å². The summed E-state index contributed by atoms with van der Waals surface area (Å²) in [4.78, 5) is 23.0. The van der Waals surface area contributed by atoms with Gasteiger partial charge in [-0.05, 0) is 37.1 Å². The van der Waals surface area contributed by atoms with Crippen LogP contribution in [0.15, 0.2) is 36.5 Å². The second-order valence-corrected chi connectivity index (χ2v) is 6.97. The SMILES string of the molecule is O=C(c1ccc(N2CCCC2)nc1)N1CCN(c2ccc(F)cc2F)CC1. The van der Waals surface area contributed by atoms with E-state index in [1.165, 1.54) is 25.0 Å². The number of pyridine rings is 1. The molecule has 142 valence electrons. The highest BCUT2D eigenvalue weighted by Crippen LogP contribution is 2.22. The number of amides is 1. The number of nitrogens with zero attached hydrogens (tertiary/aromatic N) is 4. The molecule has 7 heteroatoms. The summed E-state index contributed by atoms with van der Waals surface area (Å²) in [6, 6.07) is 7.32. The van der Waals surface area contributed by atoms with Crippen molar-refractivity contribution in [3.05, 3.63) is 53.7 Å². The molecule has 4 rings (SSSR count). The van der Waals surface area contributed by atoms with E-state index >= 15 is 0 Å². The number of hydrogen-bond acceptors (Lipinski definition) is 4. The number of halogens is 2. The number of benzene rings is 1. The Kier molecular flexibility index (Phi) is 4.92. The molecule has 0 aliphatic carbocycles. The minimum Gasteiger partial charge on any atom is -0.366 e. The van der Waals surface area contributed by atoms with E-state index in [0.29, 0.717) is 37.4 Å². The minimum atomic E-state index is -0.588. The van der Waals surface area contributed by atoms with Crippen molar-refractivity contribution >= 4 is 17.4 Å². The molecule has 2 aromatic rings. The molecule has 1 aromatic carbocycles. The number of piperazine rings is 1. The summed E-state index contributed by atoms with van der Waals surface area (Å²) < 4.78 is 27.0. The Bertz CT molecular complexity index is 813. The first-order valence-electron chi connectivity index (χ1n) is 9.32. The van der Waals surface area contributed by atoms with Crippen molar-refractivity contribution < 1.29 is 13.6 Å². The molecule has 0 unspecified atom stereocenters. The third-order valence-electron chi connectivity index (χ3n) is 5.24. The molecule has 0 saturated carbocycles. The van der Waals surface area contributed by atoms with E-state index in [2.05, 4.69) is 9.88 Å². The van der Waals surface area contributed by atoms with Gasteiger partial charge >= 0.3 is 0 Å². The highest BCUT2D eigenvalue weighted by atomic mass is 19.1. The molecule has 27 heavy (non-hydrogen) atoms. The fourth-order valence-corrected chi connectivity index (χ4v) is 3.72. The number of carbonyl (C=O) groups excluding carboxylic acids is 1. The van der Waals surface area contributed by atoms with Gasteiger partial charge in [0.15, 0.2) is 0 Å². The van der Waals surface area contributed by atoms with Gasteiger partial charge < -0.3 is 14.7 Å². The summed E-state index contributed by atoms with van der Waals surface area (Å²) in [6.07, 6.45) is 4.00. The smallest absolute Gasteiger partial charge is 0.255 e. The maximum absolute atomic E-state index is 13.9. The lowest BCUT2D eigenvalue weighted by molar-refractivity contribution is 0.0746. The third-order valence-corrected chi connectivity index (χ3v) is 5.24. The Morgan fingerprint density at radius 3 is 2.26 bits per heavy atom. The minimum absolute atomic E-state index is 0.0605. The molecule has 2 aliphatic rings. The lowest BCUT2D eigenvalue weighted by Crippen LogP contribution is -2.49. The predicted molar refractivity (Wildman–Crippen MR) is 100 cm³/mol. The van der Waals surface area contributed by atoms with Crippen molar-refractivity contribution in [3.63, 3.8) is 0 Å². The van der Waals surface area contributed by atoms with E-state index in [4.69, 9.17) is 0 Å². The van der Waals surface area contributed by atoms with Gasteiger partial charge in [0.1, 0.15) is 17.5 Å². The van der Waals surface area contributed by atoms with Crippen LogP contribution < -0.4 is 9.80 Å². The Morgan fingerprint density at radius 2 is 1.63 bits per heavy atom. The zero-order valence-corrected chi connectivity index (χ0v) is 15.1. The van der Waals surface area contributed by atoms with Crippen LogP contribution in [-0.4, -0.2) is 55.1 Å². The van der Waals surface area contributed by atoms with E-state index in [9.17, 15) is 13.6 Å². The monoisotopic (exact) mass is 372 g/mol. The number of anilines is 2. The van der Waals surface area contributed by atoms with Crippen molar-refractivity contribution in [2.24, 2.45) is 0 Å². The highest BCUT2D eigenvalue weighted by Gasteiger charge is 2.24. The van der Waals surface area contributed by atoms with Crippen LogP contribution in [-0.2, 0) is 0 Å². The summed E-state index contributed by atoms with van der Waals surface area (Å²) in [5, 5.41) is 0. The summed E-state index contributed by atoms with van der Waals surface area (Å²) >= 11 is 0. The van der Waals surface area contributed by atoms with E-state index in [-0.39, 0.29) is 5.91 Å². The summed E-state index contributed by atoms with van der Waals surface area (Å²) in [6.45, 7) is 4.03. The van der Waals surface area contributed by atoms with E-state index in [1.54, 1.807) is 11.1 Å². The standard InChI is InChI=1S/C20H22F2N4O/c21-16-4-5-18(17(22)13-16)24-9-11-26(12-10-24)20(27)15-3-6-19(23-14-15)25-7-1-2-8-25/h3-6,13-14H,1-2,7-12H2. The number of carbonyl (C=O) groups is 1. The molecule has 2 aliphatic heterocycles. The maximum Gasteiger partial charge on any atom is 0.255 e. The topological polar surface area (TPSA) is 39.7 Å². The third kappa shape index (κ3) is 3.72. The van der Waals surface area contributed by atoms with Gasteiger partial charge in [-0.3, -0.25) is 4.79 Å². The summed E-state index contributed by atoms with van der Waals surface area (Å²) in [5.74, 6) is -0.304. The van der Waals surface area contributed by atoms with Crippen LogP contribution in [0.4, 0.5) is 20.3 Å². The quantitative estimate of drug-likeness (QED) is 0.831. The largest absolute Gasteiger partial charge is 0.366 e. The van der Waals surface area contributed by atoms with Crippen LogP contribution in [0.25, 0.3) is 0 Å². The second-order valence-electron chi connectivity index (χ2n) is 6.97. The first-order chi connectivity index (χ1) is 13.1. The van der Waals surface area contributed by atoms with Gasteiger partial charge in [-0.2, -0.15) is 0 Å². The lowest BCUT2D eigenvalue weighted by Gasteiger charge is -2.36. The molecular formula is C20H22F2N4O. The van der Waals surface area contributed by atoms with Crippen LogP contribution >= 0.6 is 0 Å². The molecule has 5 nitrogen and oxygen atoms in total. The highest BCUT2D eigenvalue weighted by molar-refractivity contribution is 5.94. The normalized spacial score (nSPS) is 17.5. The average Bonchev–Trinajstić information content (AvgIpc) is 3.23. The van der Waals surface area contributed by atoms with Crippen LogP contribution in [0.5, 0.6) is 0 Å². The Labute approximate surface area is 157 Å². The van der Waals surface area contributed by atoms with Gasteiger partial charge in [0, 0.05) is 51.5 Å². The van der Waals surface area contributed by atoms with Crippen molar-refractivity contribution in [3.8, 4) is 0 Å². The fraction of sp³-hybridized carbons (Fsp3) is 0.400. The molecule has 1 amide bonds. The summed E-state index contributed by atoms with van der Waals surface area (Å²) in [5.41, 5.74) is 0.944. The first kappa shape index (κ1) is 17.7. The predicted octanol–water partition coefficient (Wildman–Crippen LogP) is 2.92. The number of rotatable bonds is 3. The molecular weight excluding hydrogens is 350 g/mol. The van der Waals surface area contributed by atoms with E-state index < -0.39 is 11.6 Å². The van der Waals surface area contributed by atoms with Crippen LogP contribution in [0, 0.1) is 11.6 Å². The van der Waals surface area contributed by atoms with E-state index in [0.717, 1.165) is 25.0 Å². The van der Waals surface area contributed by atoms with E-state index in [1.807, 2.05) is 17.0 Å². The second kappa shape index (κ2) is 7.50. The van der Waals surface area contributed by atoms with Crippen LogP contribution in [0.3, 0.4) is 0 Å².